The Kier molecular flexibility index (Phi) is 4.05. The van der Waals surface area contributed by atoms with E-state index in [1.165, 1.54) is 6.07 Å². The molecule has 0 heterocycles. The minimum absolute atomic E-state index is 0.0546. The average Bonchev–Trinajstić information content (AvgIpc) is 2.18. The van der Waals surface area contributed by atoms with Crippen LogP contribution >= 0.6 is 23.2 Å². The molecule has 0 aliphatic heterocycles. The van der Waals surface area contributed by atoms with E-state index in [1.807, 2.05) is 0 Å². The summed E-state index contributed by atoms with van der Waals surface area (Å²) in [5, 5.41) is 8.97. The maximum atomic E-state index is 10.7. The first kappa shape index (κ1) is 11.9. The molecule has 0 aromatic heterocycles. The molecule has 1 aromatic carbocycles. The van der Waals surface area contributed by atoms with Gasteiger partial charge in [-0.1, -0.05) is 18.2 Å². The predicted octanol–water partition coefficient (Wildman–Crippen LogP) is 2.51. The fourth-order valence-corrected chi connectivity index (χ4v) is 1.38. The van der Waals surface area contributed by atoms with Crippen LogP contribution in [0, 0.1) is 10.1 Å². The molecule has 0 aliphatic rings. The topological polar surface area (TPSA) is 60.2 Å². The number of carbonyl (C=O) groups is 1. The van der Waals surface area contributed by atoms with Crippen molar-refractivity contribution in [3.05, 3.63) is 39.9 Å². The lowest BCUT2D eigenvalue weighted by atomic mass is 10.1. The van der Waals surface area contributed by atoms with Gasteiger partial charge in [0.05, 0.1) is 4.92 Å². The Hall–Kier alpha value is -1.13. The lowest BCUT2D eigenvalue weighted by molar-refractivity contribution is -0.385. The summed E-state index contributed by atoms with van der Waals surface area (Å²) >= 11 is 10.8. The molecule has 0 amide bonds. The van der Waals surface area contributed by atoms with E-state index in [9.17, 15) is 14.9 Å². The number of nitro benzene ring substituents is 1. The van der Waals surface area contributed by atoms with Crippen LogP contribution in [0.5, 0.6) is 0 Å². The van der Waals surface area contributed by atoms with Crippen molar-refractivity contribution in [2.45, 2.75) is 11.8 Å². The zero-order valence-electron chi connectivity index (χ0n) is 7.52. The van der Waals surface area contributed by atoms with Crippen molar-refractivity contribution in [2.75, 3.05) is 0 Å². The number of hydrogen-bond donors (Lipinski definition) is 0. The second-order valence-electron chi connectivity index (χ2n) is 2.86. The van der Waals surface area contributed by atoms with Gasteiger partial charge in [-0.2, -0.15) is 0 Å². The van der Waals surface area contributed by atoms with E-state index in [2.05, 4.69) is 0 Å². The molecular formula is C9H7Cl2NO3. The molecule has 80 valence electrons. The molecule has 0 N–H and O–H groups in total. The summed E-state index contributed by atoms with van der Waals surface area (Å²) in [4.78, 5) is 20.8. The van der Waals surface area contributed by atoms with Gasteiger partial charge in [0.25, 0.3) is 5.69 Å². The van der Waals surface area contributed by atoms with Crippen LogP contribution in [0.25, 0.3) is 0 Å². The van der Waals surface area contributed by atoms with Gasteiger partial charge in [-0.25, -0.2) is 0 Å². The van der Waals surface area contributed by atoms with Crippen LogP contribution < -0.4 is 0 Å². The van der Waals surface area contributed by atoms with Crippen LogP contribution in [0.4, 0.5) is 5.69 Å². The van der Waals surface area contributed by atoms with Crippen molar-refractivity contribution in [2.24, 2.45) is 0 Å². The third-order valence-corrected chi connectivity index (χ3v) is 2.56. The fraction of sp³-hybridized carbons (Fsp3) is 0.222. The van der Waals surface area contributed by atoms with Gasteiger partial charge >= 0.3 is 0 Å². The number of benzene rings is 1. The molecule has 0 saturated carbocycles. The van der Waals surface area contributed by atoms with Crippen LogP contribution in [0.1, 0.15) is 5.56 Å². The highest BCUT2D eigenvalue weighted by Gasteiger charge is 2.19. The minimum atomic E-state index is -0.937. The van der Waals surface area contributed by atoms with E-state index in [1.54, 1.807) is 18.2 Å². The van der Waals surface area contributed by atoms with Gasteiger partial charge in [-0.3, -0.25) is 14.9 Å². The molecule has 0 aliphatic carbocycles. The van der Waals surface area contributed by atoms with E-state index in [-0.39, 0.29) is 12.1 Å². The molecule has 4 nitrogen and oxygen atoms in total. The van der Waals surface area contributed by atoms with Crippen LogP contribution in [0.3, 0.4) is 0 Å². The summed E-state index contributed by atoms with van der Waals surface area (Å²) in [6.07, 6.45) is 0.0566. The summed E-state index contributed by atoms with van der Waals surface area (Å²) in [6.45, 7) is 0. The van der Waals surface area contributed by atoms with Gasteiger partial charge < -0.3 is 0 Å². The summed E-state index contributed by atoms with van der Waals surface area (Å²) in [5.74, 6) is 0. The van der Waals surface area contributed by atoms with Crippen LogP contribution in [-0.4, -0.2) is 15.5 Å². The number of rotatable bonds is 4. The van der Waals surface area contributed by atoms with Crippen molar-refractivity contribution in [1.29, 1.82) is 0 Å². The van der Waals surface area contributed by atoms with E-state index in [0.717, 1.165) is 0 Å². The van der Waals surface area contributed by atoms with E-state index in [0.29, 0.717) is 5.56 Å². The lowest BCUT2D eigenvalue weighted by Crippen LogP contribution is -2.12. The number of nitrogens with zero attached hydrogens (tertiary/aromatic N) is 1. The Morgan fingerprint density at radius 2 is 2.07 bits per heavy atom. The van der Waals surface area contributed by atoms with Gasteiger partial charge in [0.15, 0.2) is 0 Å². The quantitative estimate of drug-likeness (QED) is 0.356. The second-order valence-corrected chi connectivity index (χ2v) is 3.76. The molecule has 1 atom stereocenters. The average molecular weight is 248 g/mol. The molecule has 1 aromatic rings. The highest BCUT2D eigenvalue weighted by Crippen LogP contribution is 2.21. The third kappa shape index (κ3) is 3.18. The number of carbonyl (C=O) groups excluding carboxylic acids is 1. The Balaban J connectivity index is 2.94. The first-order valence-electron chi connectivity index (χ1n) is 4.08. The van der Waals surface area contributed by atoms with Crippen LogP contribution in [0.2, 0.25) is 0 Å². The minimum Gasteiger partial charge on any atom is -0.280 e. The van der Waals surface area contributed by atoms with Gasteiger partial charge in [-0.15, -0.1) is 11.6 Å². The van der Waals surface area contributed by atoms with Crippen molar-refractivity contribution in [1.82, 2.24) is 0 Å². The van der Waals surface area contributed by atoms with E-state index < -0.39 is 15.5 Å². The number of para-hydroxylation sites is 1. The molecule has 0 bridgehead atoms. The van der Waals surface area contributed by atoms with Gasteiger partial charge in [0.2, 0.25) is 5.24 Å². The largest absolute Gasteiger partial charge is 0.280 e. The molecular weight excluding hydrogens is 241 g/mol. The standard InChI is InChI=1S/C9H7Cl2NO3/c10-7(9(11)13)5-6-3-1-2-4-8(6)12(14)15/h1-4,7H,5H2. The van der Waals surface area contributed by atoms with Crippen molar-refractivity contribution < 1.29 is 9.72 Å². The lowest BCUT2D eigenvalue weighted by Gasteiger charge is -2.04. The van der Waals surface area contributed by atoms with Crippen molar-refractivity contribution >= 4 is 34.1 Å². The maximum absolute atomic E-state index is 10.7. The summed E-state index contributed by atoms with van der Waals surface area (Å²) in [5.41, 5.74) is 0.345. The van der Waals surface area contributed by atoms with Crippen LogP contribution in [-0.2, 0) is 11.2 Å². The molecule has 6 heteroatoms. The number of halogens is 2. The number of nitro groups is 1. The monoisotopic (exact) mass is 247 g/mol. The van der Waals surface area contributed by atoms with Gasteiger partial charge in [-0.05, 0) is 11.6 Å². The SMILES string of the molecule is O=C(Cl)C(Cl)Cc1ccccc1[N+](=O)[O-]. The molecule has 0 radical (unpaired) electrons. The fourth-order valence-electron chi connectivity index (χ4n) is 1.13. The Labute approximate surface area is 95.9 Å². The summed E-state index contributed by atoms with van der Waals surface area (Å²) in [7, 11) is 0. The van der Waals surface area contributed by atoms with E-state index >= 15 is 0 Å². The van der Waals surface area contributed by atoms with Crippen LogP contribution in [0.15, 0.2) is 24.3 Å². The molecule has 0 saturated heterocycles. The smallest absolute Gasteiger partial charge is 0.272 e. The molecule has 15 heavy (non-hydrogen) atoms. The Morgan fingerprint density at radius 1 is 1.47 bits per heavy atom. The molecule has 1 unspecified atom stereocenters. The molecule has 1 rings (SSSR count). The second kappa shape index (κ2) is 5.09. The first-order valence-corrected chi connectivity index (χ1v) is 4.89. The summed E-state index contributed by atoms with van der Waals surface area (Å²) < 4.78 is 0. The van der Waals surface area contributed by atoms with Crippen molar-refractivity contribution in [3.8, 4) is 0 Å². The van der Waals surface area contributed by atoms with Gasteiger partial charge in [0, 0.05) is 18.1 Å². The molecule has 0 spiro atoms. The highest BCUT2D eigenvalue weighted by molar-refractivity contribution is 6.69. The zero-order valence-corrected chi connectivity index (χ0v) is 9.03. The molecule has 0 fully saturated rings. The maximum Gasteiger partial charge on any atom is 0.272 e. The Morgan fingerprint density at radius 3 is 2.60 bits per heavy atom. The number of alkyl halides is 1. The highest BCUT2D eigenvalue weighted by atomic mass is 35.5. The third-order valence-electron chi connectivity index (χ3n) is 1.83. The van der Waals surface area contributed by atoms with Crippen molar-refractivity contribution in [3.63, 3.8) is 0 Å². The Bertz CT molecular complexity index is 395. The first-order chi connectivity index (χ1) is 7.02. The normalized spacial score (nSPS) is 12.1. The predicted molar refractivity (Wildman–Crippen MR) is 57.3 cm³/mol. The van der Waals surface area contributed by atoms with E-state index in [4.69, 9.17) is 23.2 Å². The zero-order chi connectivity index (χ0) is 11.4. The van der Waals surface area contributed by atoms with Gasteiger partial charge in [0.1, 0.15) is 5.38 Å². The summed E-state index contributed by atoms with van der Waals surface area (Å²) in [6, 6.07) is 6.10. The number of hydrogen-bond acceptors (Lipinski definition) is 3.